The Morgan fingerprint density at radius 3 is 3.00 bits per heavy atom. The van der Waals surface area contributed by atoms with Crippen molar-refractivity contribution in [3.63, 3.8) is 0 Å². The molecular weight excluding hydrogens is 216 g/mol. The molecule has 3 heteroatoms. The normalized spacial score (nSPS) is 10.9. The maximum Gasteiger partial charge on any atom is 0.0910 e. The largest absolute Gasteiger partial charge is 0.349 e. The first kappa shape index (κ1) is 7.80. The van der Waals surface area contributed by atoms with Gasteiger partial charge in [0.2, 0.25) is 0 Å². The monoisotopic (exact) mass is 224 g/mol. The molecular formula is C9H9BrN2. The molecule has 0 radical (unpaired) electrons. The van der Waals surface area contributed by atoms with E-state index in [1.807, 2.05) is 13.2 Å². The minimum absolute atomic E-state index is 1.02. The lowest BCUT2D eigenvalue weighted by Gasteiger charge is -1.95. The maximum atomic E-state index is 4.33. The van der Waals surface area contributed by atoms with Crippen molar-refractivity contribution in [2.24, 2.45) is 7.05 Å². The van der Waals surface area contributed by atoms with Gasteiger partial charge in [-0.25, -0.2) is 0 Å². The third kappa shape index (κ3) is 1.05. The van der Waals surface area contributed by atoms with E-state index < -0.39 is 0 Å². The quantitative estimate of drug-likeness (QED) is 0.673. The summed E-state index contributed by atoms with van der Waals surface area (Å²) in [6.07, 6.45) is 3.92. The van der Waals surface area contributed by atoms with Gasteiger partial charge in [-0.2, -0.15) is 0 Å². The molecule has 0 aromatic carbocycles. The smallest absolute Gasteiger partial charge is 0.0910 e. The minimum atomic E-state index is 1.02. The maximum absolute atomic E-state index is 4.33. The third-order valence-electron chi connectivity index (χ3n) is 1.98. The highest BCUT2D eigenvalue weighted by atomic mass is 79.9. The molecule has 2 rings (SSSR count). The van der Waals surface area contributed by atoms with Crippen LogP contribution < -0.4 is 0 Å². The Labute approximate surface area is 79.3 Å². The second-order valence-corrected chi connectivity index (χ2v) is 3.86. The number of hydrogen-bond acceptors (Lipinski definition) is 1. The Morgan fingerprint density at radius 1 is 1.50 bits per heavy atom. The number of aryl methyl sites for hydroxylation is 2. The molecule has 0 aliphatic heterocycles. The third-order valence-corrected chi connectivity index (χ3v) is 2.41. The molecule has 12 heavy (non-hydrogen) atoms. The Balaban J connectivity index is 2.90. The van der Waals surface area contributed by atoms with Crippen molar-refractivity contribution < 1.29 is 0 Å². The van der Waals surface area contributed by atoms with E-state index in [2.05, 4.69) is 44.7 Å². The summed E-state index contributed by atoms with van der Waals surface area (Å²) in [6, 6.07) is 2.08. The van der Waals surface area contributed by atoms with Crippen molar-refractivity contribution in [2.75, 3.05) is 0 Å². The average Bonchev–Trinajstić information content (AvgIpc) is 2.28. The fraction of sp³-hybridized carbons (Fsp3) is 0.222. The van der Waals surface area contributed by atoms with Crippen LogP contribution in [0.3, 0.4) is 0 Å². The molecule has 0 aliphatic rings. The van der Waals surface area contributed by atoms with Crippen LogP contribution in [0, 0.1) is 6.92 Å². The van der Waals surface area contributed by atoms with E-state index in [0.29, 0.717) is 0 Å². The van der Waals surface area contributed by atoms with Crippen LogP contribution in [0.1, 0.15) is 5.56 Å². The predicted molar refractivity (Wildman–Crippen MR) is 53.2 cm³/mol. The highest BCUT2D eigenvalue weighted by Gasteiger charge is 2.03. The van der Waals surface area contributed by atoms with Gasteiger partial charge in [0.1, 0.15) is 0 Å². The zero-order valence-corrected chi connectivity index (χ0v) is 8.59. The van der Waals surface area contributed by atoms with Crippen LogP contribution in [0.15, 0.2) is 22.9 Å². The standard InChI is InChI=1S/C9H9BrN2/c1-6-5-12(2)8-3-7(10)4-11-9(6)8/h3-5H,1-2H3. The summed E-state index contributed by atoms with van der Waals surface area (Å²) in [5.74, 6) is 0. The van der Waals surface area contributed by atoms with Gasteiger partial charge in [-0.15, -0.1) is 0 Å². The Bertz CT molecular complexity index is 431. The summed E-state index contributed by atoms with van der Waals surface area (Å²) in [5.41, 5.74) is 3.47. The van der Waals surface area contributed by atoms with Crippen LogP contribution in [0.5, 0.6) is 0 Å². The van der Waals surface area contributed by atoms with E-state index in [4.69, 9.17) is 0 Å². The van der Waals surface area contributed by atoms with E-state index in [1.54, 1.807) is 0 Å². The molecule has 2 aromatic heterocycles. The lowest BCUT2D eigenvalue weighted by Crippen LogP contribution is -1.84. The Kier molecular flexibility index (Phi) is 1.68. The fourth-order valence-electron chi connectivity index (χ4n) is 1.42. The Morgan fingerprint density at radius 2 is 2.25 bits per heavy atom. The summed E-state index contributed by atoms with van der Waals surface area (Å²) in [6.45, 7) is 2.07. The SMILES string of the molecule is Cc1cn(C)c2cc(Br)cnc12. The first-order valence-corrected chi connectivity index (χ1v) is 4.55. The van der Waals surface area contributed by atoms with Crippen molar-refractivity contribution in [3.05, 3.63) is 28.5 Å². The zero-order chi connectivity index (χ0) is 8.72. The molecule has 0 unspecified atom stereocenters. The van der Waals surface area contributed by atoms with Crippen LogP contribution in [-0.4, -0.2) is 9.55 Å². The molecule has 0 N–H and O–H groups in total. The zero-order valence-electron chi connectivity index (χ0n) is 7.00. The second kappa shape index (κ2) is 2.59. The summed E-state index contributed by atoms with van der Waals surface area (Å²) >= 11 is 3.40. The van der Waals surface area contributed by atoms with Crippen molar-refractivity contribution in [2.45, 2.75) is 6.92 Å². The molecule has 0 saturated carbocycles. The van der Waals surface area contributed by atoms with Crippen LogP contribution in [0.25, 0.3) is 11.0 Å². The molecule has 0 amide bonds. The number of hydrogen-bond donors (Lipinski definition) is 0. The molecule has 0 saturated heterocycles. The van der Waals surface area contributed by atoms with Gasteiger partial charge in [-0.1, -0.05) is 0 Å². The second-order valence-electron chi connectivity index (χ2n) is 2.94. The number of fused-ring (bicyclic) bond motifs is 1. The first-order valence-electron chi connectivity index (χ1n) is 3.75. The van der Waals surface area contributed by atoms with Gasteiger partial charge in [-0.3, -0.25) is 4.98 Å². The molecule has 0 fully saturated rings. The topological polar surface area (TPSA) is 17.8 Å². The van der Waals surface area contributed by atoms with Gasteiger partial charge in [0.25, 0.3) is 0 Å². The van der Waals surface area contributed by atoms with E-state index in [9.17, 15) is 0 Å². The molecule has 0 spiro atoms. The number of pyridine rings is 1. The number of halogens is 1. The molecule has 0 atom stereocenters. The number of nitrogens with zero attached hydrogens (tertiary/aromatic N) is 2. The van der Waals surface area contributed by atoms with E-state index in [1.165, 1.54) is 11.1 Å². The van der Waals surface area contributed by atoms with Gasteiger partial charge in [-0.05, 0) is 34.5 Å². The molecule has 2 nitrogen and oxygen atoms in total. The fourth-order valence-corrected chi connectivity index (χ4v) is 1.74. The van der Waals surface area contributed by atoms with Crippen molar-refractivity contribution in [1.29, 1.82) is 0 Å². The summed E-state index contributed by atoms with van der Waals surface area (Å²) in [5, 5.41) is 0. The van der Waals surface area contributed by atoms with Gasteiger partial charge < -0.3 is 4.57 Å². The van der Waals surface area contributed by atoms with Gasteiger partial charge in [0.15, 0.2) is 0 Å². The molecule has 0 aliphatic carbocycles. The highest BCUT2D eigenvalue weighted by Crippen LogP contribution is 2.20. The molecule has 62 valence electrons. The highest BCUT2D eigenvalue weighted by molar-refractivity contribution is 9.10. The summed E-state index contributed by atoms with van der Waals surface area (Å²) in [7, 11) is 2.03. The average molecular weight is 225 g/mol. The van der Waals surface area contributed by atoms with E-state index in [0.717, 1.165) is 9.99 Å². The molecule has 0 bridgehead atoms. The van der Waals surface area contributed by atoms with Crippen molar-refractivity contribution >= 4 is 27.0 Å². The lowest BCUT2D eigenvalue weighted by atomic mass is 10.3. The number of rotatable bonds is 0. The van der Waals surface area contributed by atoms with E-state index in [-0.39, 0.29) is 0 Å². The van der Waals surface area contributed by atoms with Gasteiger partial charge in [0, 0.05) is 23.9 Å². The predicted octanol–water partition coefficient (Wildman–Crippen LogP) is 2.64. The van der Waals surface area contributed by atoms with Crippen molar-refractivity contribution in [3.8, 4) is 0 Å². The Hall–Kier alpha value is -0.830. The number of aromatic nitrogens is 2. The summed E-state index contributed by atoms with van der Waals surface area (Å²) in [4.78, 5) is 4.33. The van der Waals surface area contributed by atoms with Crippen LogP contribution in [0.4, 0.5) is 0 Å². The van der Waals surface area contributed by atoms with Gasteiger partial charge >= 0.3 is 0 Å². The van der Waals surface area contributed by atoms with Crippen LogP contribution >= 0.6 is 15.9 Å². The first-order chi connectivity index (χ1) is 5.68. The molecule has 2 aromatic rings. The van der Waals surface area contributed by atoms with Crippen LogP contribution in [0.2, 0.25) is 0 Å². The molecule has 2 heterocycles. The van der Waals surface area contributed by atoms with Gasteiger partial charge in [0.05, 0.1) is 11.0 Å². The summed E-state index contributed by atoms with van der Waals surface area (Å²) < 4.78 is 3.11. The van der Waals surface area contributed by atoms with Crippen molar-refractivity contribution in [1.82, 2.24) is 9.55 Å². The lowest BCUT2D eigenvalue weighted by molar-refractivity contribution is 0.963. The van der Waals surface area contributed by atoms with E-state index >= 15 is 0 Å². The minimum Gasteiger partial charge on any atom is -0.349 e. The van der Waals surface area contributed by atoms with Crippen LogP contribution in [-0.2, 0) is 7.05 Å².